The lowest BCUT2D eigenvalue weighted by Gasteiger charge is -2.24. The van der Waals surface area contributed by atoms with Crippen molar-refractivity contribution >= 4 is 23.3 Å². The minimum Gasteiger partial charge on any atom is -0.507 e. The molecule has 1 atom stereocenters. The molecule has 39 heavy (non-hydrogen) atoms. The maximum Gasteiger partial charge on any atom is 0.301 e. The number of ketones is 1. The number of nitrogens with zero attached hydrogens (tertiary/aromatic N) is 2. The second-order valence-corrected chi connectivity index (χ2v) is 9.78. The van der Waals surface area contributed by atoms with Gasteiger partial charge in [0.15, 0.2) is 17.3 Å². The van der Waals surface area contributed by atoms with E-state index in [1.807, 2.05) is 6.92 Å². The Morgan fingerprint density at radius 2 is 1.79 bits per heavy atom. The first-order chi connectivity index (χ1) is 18.7. The molecule has 1 saturated heterocycles. The van der Waals surface area contributed by atoms with Crippen molar-refractivity contribution in [2.75, 3.05) is 25.2 Å². The fraction of sp³-hybridized carbons (Fsp3) is 0.367. The van der Waals surface area contributed by atoms with Gasteiger partial charge >= 0.3 is 5.91 Å². The van der Waals surface area contributed by atoms with Crippen molar-refractivity contribution < 1.29 is 33.4 Å². The summed E-state index contributed by atoms with van der Waals surface area (Å²) >= 11 is 0. The number of hydrogen-bond acceptors (Lipinski definition) is 8. The molecule has 3 aromatic rings. The number of carbonyl (C=O) groups excluding carboxylic acids is 2. The van der Waals surface area contributed by atoms with Crippen molar-refractivity contribution in [2.24, 2.45) is 5.92 Å². The monoisotopic (exact) mass is 534 g/mol. The fourth-order valence-electron chi connectivity index (χ4n) is 4.31. The van der Waals surface area contributed by atoms with E-state index in [1.54, 1.807) is 55.5 Å². The number of anilines is 1. The van der Waals surface area contributed by atoms with Crippen LogP contribution in [0.5, 0.6) is 17.2 Å². The molecule has 0 bridgehead atoms. The minimum absolute atomic E-state index is 0.0709. The predicted octanol–water partition coefficient (Wildman–Crippen LogP) is 5.83. The smallest absolute Gasteiger partial charge is 0.301 e. The number of rotatable bonds is 11. The Bertz CT molecular complexity index is 1360. The highest BCUT2D eigenvalue weighted by atomic mass is 16.5. The standard InChI is InChI=1S/C30H34N2O7/c1-6-14-37-22-10-7-20(8-11-22)28(33)26-27(32(30(35)29(26)34)25-16-19(4)39-31-25)21-9-12-23(24(17-21)36-5)38-15-13-18(2)3/h7-12,16-18,27,33H,6,13-15H2,1-5H3/b28-26+/t27-/m1/s1. The number of benzene rings is 2. The van der Waals surface area contributed by atoms with Crippen LogP contribution in [0.3, 0.4) is 0 Å². The quantitative estimate of drug-likeness (QED) is 0.186. The van der Waals surface area contributed by atoms with Crippen LogP contribution >= 0.6 is 0 Å². The van der Waals surface area contributed by atoms with Gasteiger partial charge < -0.3 is 23.8 Å². The van der Waals surface area contributed by atoms with E-state index in [1.165, 1.54) is 12.0 Å². The number of carbonyl (C=O) groups is 2. The number of amides is 1. The molecule has 0 saturated carbocycles. The third kappa shape index (κ3) is 5.92. The van der Waals surface area contributed by atoms with Crippen LogP contribution in [0.15, 0.2) is 58.6 Å². The molecule has 9 heteroatoms. The summed E-state index contributed by atoms with van der Waals surface area (Å²) in [7, 11) is 1.52. The van der Waals surface area contributed by atoms with Crippen molar-refractivity contribution in [1.29, 1.82) is 0 Å². The summed E-state index contributed by atoms with van der Waals surface area (Å²) in [6, 6.07) is 12.5. The molecule has 1 aliphatic heterocycles. The molecule has 206 valence electrons. The highest BCUT2D eigenvalue weighted by molar-refractivity contribution is 6.51. The van der Waals surface area contributed by atoms with E-state index in [-0.39, 0.29) is 17.2 Å². The lowest BCUT2D eigenvalue weighted by Crippen LogP contribution is -2.29. The Kier molecular flexibility index (Phi) is 8.59. The van der Waals surface area contributed by atoms with Gasteiger partial charge in [-0.25, -0.2) is 0 Å². The molecule has 0 aliphatic carbocycles. The van der Waals surface area contributed by atoms with Gasteiger partial charge in [-0.05, 0) is 67.6 Å². The highest BCUT2D eigenvalue weighted by Crippen LogP contribution is 2.44. The number of hydrogen-bond donors (Lipinski definition) is 1. The summed E-state index contributed by atoms with van der Waals surface area (Å²) in [5, 5.41) is 15.3. The summed E-state index contributed by atoms with van der Waals surface area (Å²) < 4.78 is 22.3. The largest absolute Gasteiger partial charge is 0.507 e. The summed E-state index contributed by atoms with van der Waals surface area (Å²) in [5.74, 6) is 0.774. The number of aryl methyl sites for hydroxylation is 1. The summed E-state index contributed by atoms with van der Waals surface area (Å²) in [6.45, 7) is 9.01. The molecule has 9 nitrogen and oxygen atoms in total. The second kappa shape index (κ2) is 12.1. The number of aliphatic hydroxyl groups excluding tert-OH is 1. The summed E-state index contributed by atoms with van der Waals surface area (Å²) in [4.78, 5) is 27.9. The number of aliphatic hydroxyl groups is 1. The van der Waals surface area contributed by atoms with Crippen molar-refractivity contribution in [3.05, 3.63) is 71.0 Å². The fourth-order valence-corrected chi connectivity index (χ4v) is 4.31. The summed E-state index contributed by atoms with van der Waals surface area (Å²) in [6.07, 6.45) is 1.73. The van der Waals surface area contributed by atoms with E-state index in [4.69, 9.17) is 18.7 Å². The Morgan fingerprint density at radius 1 is 1.05 bits per heavy atom. The molecule has 1 aromatic heterocycles. The molecule has 1 fully saturated rings. The normalized spacial score (nSPS) is 16.7. The molecule has 1 N–H and O–H groups in total. The third-order valence-corrected chi connectivity index (χ3v) is 6.36. The zero-order chi connectivity index (χ0) is 28.1. The minimum atomic E-state index is -0.982. The zero-order valence-corrected chi connectivity index (χ0v) is 22.9. The van der Waals surface area contributed by atoms with Crippen LogP contribution in [0.1, 0.15) is 56.5 Å². The molecule has 1 amide bonds. The van der Waals surface area contributed by atoms with Crippen molar-refractivity contribution in [3.63, 3.8) is 0 Å². The van der Waals surface area contributed by atoms with Crippen molar-refractivity contribution in [3.8, 4) is 17.2 Å². The van der Waals surface area contributed by atoms with Gasteiger partial charge in [0.05, 0.1) is 31.9 Å². The van der Waals surface area contributed by atoms with E-state index in [0.29, 0.717) is 53.3 Å². The first kappa shape index (κ1) is 27.8. The number of aromatic nitrogens is 1. The SMILES string of the molecule is CCCOc1ccc(/C(O)=C2\C(=O)C(=O)N(c3cc(C)on3)[C@@H]2c2ccc(OCCC(C)C)c(OC)c2)cc1. The zero-order valence-electron chi connectivity index (χ0n) is 22.9. The van der Waals surface area contributed by atoms with E-state index >= 15 is 0 Å². The number of methoxy groups -OCH3 is 1. The van der Waals surface area contributed by atoms with E-state index in [2.05, 4.69) is 19.0 Å². The number of ether oxygens (including phenoxy) is 3. The van der Waals surface area contributed by atoms with Gasteiger partial charge in [0.25, 0.3) is 5.78 Å². The molecule has 0 spiro atoms. The molecular formula is C30H34N2O7. The molecule has 2 aromatic carbocycles. The van der Waals surface area contributed by atoms with Gasteiger partial charge in [0.2, 0.25) is 0 Å². The molecular weight excluding hydrogens is 500 g/mol. The van der Waals surface area contributed by atoms with Gasteiger partial charge in [-0.1, -0.05) is 32.0 Å². The maximum absolute atomic E-state index is 13.4. The van der Waals surface area contributed by atoms with Gasteiger partial charge in [-0.3, -0.25) is 14.5 Å². The van der Waals surface area contributed by atoms with Crippen LogP contribution in [0.25, 0.3) is 5.76 Å². The average molecular weight is 535 g/mol. The van der Waals surface area contributed by atoms with Crippen LogP contribution in [-0.2, 0) is 9.59 Å². The van der Waals surface area contributed by atoms with E-state index in [0.717, 1.165) is 12.8 Å². The van der Waals surface area contributed by atoms with Crippen LogP contribution in [-0.4, -0.2) is 42.3 Å². The van der Waals surface area contributed by atoms with Crippen molar-refractivity contribution in [2.45, 2.75) is 46.6 Å². The third-order valence-electron chi connectivity index (χ3n) is 6.36. The van der Waals surface area contributed by atoms with E-state index in [9.17, 15) is 14.7 Å². The first-order valence-electron chi connectivity index (χ1n) is 13.0. The topological polar surface area (TPSA) is 111 Å². The molecule has 1 aliphatic rings. The first-order valence-corrected chi connectivity index (χ1v) is 13.0. The number of Topliss-reactive ketones (excluding diaryl/α,β-unsaturated/α-hetero) is 1. The Balaban J connectivity index is 1.80. The van der Waals surface area contributed by atoms with Crippen LogP contribution in [0.2, 0.25) is 0 Å². The Labute approximate surface area is 228 Å². The lowest BCUT2D eigenvalue weighted by atomic mass is 9.95. The summed E-state index contributed by atoms with van der Waals surface area (Å²) in [5.41, 5.74) is 0.838. The van der Waals surface area contributed by atoms with Crippen LogP contribution in [0, 0.1) is 12.8 Å². The van der Waals surface area contributed by atoms with Gasteiger partial charge in [0, 0.05) is 11.6 Å². The van der Waals surface area contributed by atoms with Gasteiger partial charge in [-0.15, -0.1) is 0 Å². The molecule has 0 radical (unpaired) electrons. The average Bonchev–Trinajstić information content (AvgIpc) is 3.47. The van der Waals surface area contributed by atoms with Crippen LogP contribution < -0.4 is 19.1 Å². The van der Waals surface area contributed by atoms with Crippen LogP contribution in [0.4, 0.5) is 5.82 Å². The lowest BCUT2D eigenvalue weighted by molar-refractivity contribution is -0.132. The highest BCUT2D eigenvalue weighted by Gasteiger charge is 2.48. The molecule has 2 heterocycles. The van der Waals surface area contributed by atoms with Gasteiger partial charge in [0.1, 0.15) is 17.3 Å². The second-order valence-electron chi connectivity index (χ2n) is 9.78. The predicted molar refractivity (Wildman–Crippen MR) is 146 cm³/mol. The maximum atomic E-state index is 13.4. The van der Waals surface area contributed by atoms with Gasteiger partial charge in [-0.2, -0.15) is 0 Å². The van der Waals surface area contributed by atoms with E-state index < -0.39 is 17.7 Å². The van der Waals surface area contributed by atoms with Crippen molar-refractivity contribution in [1.82, 2.24) is 5.16 Å². The Hall–Kier alpha value is -4.27. The molecule has 4 rings (SSSR count). The molecule has 0 unspecified atom stereocenters. The Morgan fingerprint density at radius 3 is 2.41 bits per heavy atom.